The number of hydrogen-bond acceptors (Lipinski definition) is 5. The molecule has 0 radical (unpaired) electrons. The molecule has 140 valence electrons. The highest BCUT2D eigenvalue weighted by Crippen LogP contribution is 2.21. The van der Waals surface area contributed by atoms with E-state index in [1.54, 1.807) is 7.11 Å². The summed E-state index contributed by atoms with van der Waals surface area (Å²) in [6.07, 6.45) is 0. The van der Waals surface area contributed by atoms with Crippen LogP contribution in [0.5, 0.6) is 5.75 Å². The lowest BCUT2D eigenvalue weighted by Crippen LogP contribution is -2.45. The van der Waals surface area contributed by atoms with Gasteiger partial charge in [-0.15, -0.1) is 0 Å². The Labute approximate surface area is 160 Å². The lowest BCUT2D eigenvalue weighted by Gasteiger charge is -2.34. The normalized spacial score (nSPS) is 15.7. The summed E-state index contributed by atoms with van der Waals surface area (Å²) in [4.78, 5) is 4.94. The second-order valence-electron chi connectivity index (χ2n) is 6.95. The summed E-state index contributed by atoms with van der Waals surface area (Å²) in [7, 11) is 1.70. The first-order valence-electron chi connectivity index (χ1n) is 9.39. The van der Waals surface area contributed by atoms with Gasteiger partial charge in [-0.05, 0) is 17.7 Å². The molecule has 0 atom stereocenters. The predicted molar refractivity (Wildman–Crippen MR) is 105 cm³/mol. The van der Waals surface area contributed by atoms with Gasteiger partial charge in [-0.25, -0.2) is 0 Å². The van der Waals surface area contributed by atoms with Gasteiger partial charge < -0.3 is 9.26 Å². The van der Waals surface area contributed by atoms with Crippen LogP contribution in [-0.4, -0.2) is 48.2 Å². The standard InChI is InChI=1S/C22H25N3O2/c1-26-21-9-7-18(8-10-21)16-24-11-13-25(14-12-24)17-20-15-22(27-23-20)19-5-3-2-4-6-19/h2-10,15H,11-14,16-17H2,1H3. The molecule has 5 heteroatoms. The van der Waals surface area contributed by atoms with Crippen LogP contribution in [0.15, 0.2) is 65.2 Å². The maximum absolute atomic E-state index is 5.51. The molecule has 1 saturated heterocycles. The summed E-state index contributed by atoms with van der Waals surface area (Å²) in [6.45, 7) is 6.05. The number of piperazine rings is 1. The van der Waals surface area contributed by atoms with Crippen molar-refractivity contribution in [1.29, 1.82) is 0 Å². The van der Waals surface area contributed by atoms with Crippen LogP contribution in [0, 0.1) is 0 Å². The van der Waals surface area contributed by atoms with Gasteiger partial charge in [-0.2, -0.15) is 0 Å². The van der Waals surface area contributed by atoms with Crippen molar-refractivity contribution in [3.63, 3.8) is 0 Å². The predicted octanol–water partition coefficient (Wildman–Crippen LogP) is 3.67. The number of rotatable bonds is 6. The first kappa shape index (κ1) is 17.8. The summed E-state index contributed by atoms with van der Waals surface area (Å²) >= 11 is 0. The van der Waals surface area contributed by atoms with Crippen LogP contribution in [0.25, 0.3) is 11.3 Å². The number of methoxy groups -OCH3 is 1. The van der Waals surface area contributed by atoms with Crippen LogP contribution in [0.3, 0.4) is 0 Å². The van der Waals surface area contributed by atoms with E-state index in [1.165, 1.54) is 5.56 Å². The summed E-state index contributed by atoms with van der Waals surface area (Å²) < 4.78 is 10.7. The van der Waals surface area contributed by atoms with Crippen LogP contribution >= 0.6 is 0 Å². The Morgan fingerprint density at radius 2 is 1.56 bits per heavy atom. The Morgan fingerprint density at radius 1 is 0.889 bits per heavy atom. The molecule has 1 aliphatic rings. The van der Waals surface area contributed by atoms with Gasteiger partial charge in [0.2, 0.25) is 0 Å². The fraction of sp³-hybridized carbons (Fsp3) is 0.318. The number of nitrogens with zero attached hydrogens (tertiary/aromatic N) is 3. The Kier molecular flexibility index (Phi) is 5.51. The van der Waals surface area contributed by atoms with Crippen molar-refractivity contribution in [2.45, 2.75) is 13.1 Å². The van der Waals surface area contributed by atoms with Gasteiger partial charge in [0.15, 0.2) is 5.76 Å². The molecular formula is C22H25N3O2. The Hall–Kier alpha value is -2.63. The minimum atomic E-state index is 0.837. The lowest BCUT2D eigenvalue weighted by atomic mass is 10.1. The van der Waals surface area contributed by atoms with E-state index in [2.05, 4.69) is 33.2 Å². The highest BCUT2D eigenvalue weighted by Gasteiger charge is 2.18. The molecular weight excluding hydrogens is 338 g/mol. The van der Waals surface area contributed by atoms with Crippen LogP contribution in [0.2, 0.25) is 0 Å². The van der Waals surface area contributed by atoms with E-state index in [9.17, 15) is 0 Å². The number of aromatic nitrogens is 1. The average molecular weight is 363 g/mol. The fourth-order valence-corrected chi connectivity index (χ4v) is 3.45. The van der Waals surface area contributed by atoms with Crippen molar-refractivity contribution in [3.8, 4) is 17.1 Å². The Balaban J connectivity index is 1.27. The molecule has 1 aromatic heterocycles. The van der Waals surface area contributed by atoms with Crippen LogP contribution < -0.4 is 4.74 Å². The molecule has 0 saturated carbocycles. The summed E-state index contributed by atoms with van der Waals surface area (Å²) in [5.74, 6) is 1.75. The van der Waals surface area contributed by atoms with Gasteiger partial charge in [0.05, 0.1) is 12.8 Å². The van der Waals surface area contributed by atoms with Gasteiger partial charge in [-0.1, -0.05) is 47.6 Å². The van der Waals surface area contributed by atoms with Crippen LogP contribution in [-0.2, 0) is 13.1 Å². The third-order valence-corrected chi connectivity index (χ3v) is 5.03. The quantitative estimate of drug-likeness (QED) is 0.668. The molecule has 3 aromatic rings. The van der Waals surface area contributed by atoms with Gasteiger partial charge in [0.25, 0.3) is 0 Å². The monoisotopic (exact) mass is 363 g/mol. The van der Waals surface area contributed by atoms with Crippen molar-refractivity contribution < 1.29 is 9.26 Å². The number of benzene rings is 2. The molecule has 1 aliphatic heterocycles. The van der Waals surface area contributed by atoms with E-state index in [1.807, 2.05) is 42.5 Å². The van der Waals surface area contributed by atoms with E-state index >= 15 is 0 Å². The van der Waals surface area contributed by atoms with Crippen molar-refractivity contribution in [1.82, 2.24) is 15.0 Å². The van der Waals surface area contributed by atoms with E-state index in [4.69, 9.17) is 9.26 Å². The van der Waals surface area contributed by atoms with E-state index in [-0.39, 0.29) is 0 Å². The number of hydrogen-bond donors (Lipinski definition) is 0. The van der Waals surface area contributed by atoms with Crippen LogP contribution in [0.1, 0.15) is 11.3 Å². The third kappa shape index (κ3) is 4.56. The molecule has 27 heavy (non-hydrogen) atoms. The molecule has 1 fully saturated rings. The molecule has 0 N–H and O–H groups in total. The second kappa shape index (κ2) is 8.37. The summed E-state index contributed by atoms with van der Waals surface area (Å²) in [5.41, 5.74) is 3.39. The van der Waals surface area contributed by atoms with E-state index in [0.717, 1.165) is 62.0 Å². The van der Waals surface area contributed by atoms with Crippen molar-refractivity contribution >= 4 is 0 Å². The van der Waals surface area contributed by atoms with Crippen LogP contribution in [0.4, 0.5) is 0 Å². The first-order valence-corrected chi connectivity index (χ1v) is 9.39. The Bertz CT molecular complexity index is 838. The largest absolute Gasteiger partial charge is 0.497 e. The molecule has 4 rings (SSSR count). The SMILES string of the molecule is COc1ccc(CN2CCN(Cc3cc(-c4ccccc4)on3)CC2)cc1. The molecule has 0 aliphatic carbocycles. The zero-order valence-corrected chi connectivity index (χ0v) is 15.7. The van der Waals surface area contributed by atoms with Gasteiger partial charge >= 0.3 is 0 Å². The van der Waals surface area contributed by atoms with Gasteiger partial charge in [0.1, 0.15) is 5.75 Å². The average Bonchev–Trinajstić information content (AvgIpc) is 3.19. The van der Waals surface area contributed by atoms with E-state index < -0.39 is 0 Å². The topological polar surface area (TPSA) is 41.7 Å². The third-order valence-electron chi connectivity index (χ3n) is 5.03. The van der Waals surface area contributed by atoms with Crippen molar-refractivity contribution in [2.24, 2.45) is 0 Å². The minimum absolute atomic E-state index is 0.837. The summed E-state index contributed by atoms with van der Waals surface area (Å²) in [6, 6.07) is 20.5. The maximum atomic E-state index is 5.51. The molecule has 0 unspecified atom stereocenters. The molecule has 2 aromatic carbocycles. The lowest BCUT2D eigenvalue weighted by molar-refractivity contribution is 0.120. The zero-order chi connectivity index (χ0) is 18.5. The summed E-state index contributed by atoms with van der Waals surface area (Å²) in [5, 5.41) is 4.25. The molecule has 0 amide bonds. The van der Waals surface area contributed by atoms with Gasteiger partial charge in [-0.3, -0.25) is 9.80 Å². The van der Waals surface area contributed by atoms with Crippen molar-refractivity contribution in [2.75, 3.05) is 33.3 Å². The molecule has 0 spiro atoms. The smallest absolute Gasteiger partial charge is 0.167 e. The van der Waals surface area contributed by atoms with Gasteiger partial charge in [0, 0.05) is 50.9 Å². The highest BCUT2D eigenvalue weighted by molar-refractivity contribution is 5.56. The first-order chi connectivity index (χ1) is 13.3. The highest BCUT2D eigenvalue weighted by atomic mass is 16.5. The Morgan fingerprint density at radius 3 is 2.22 bits per heavy atom. The fourth-order valence-electron chi connectivity index (χ4n) is 3.45. The van der Waals surface area contributed by atoms with Crippen molar-refractivity contribution in [3.05, 3.63) is 71.9 Å². The number of ether oxygens (including phenoxy) is 1. The minimum Gasteiger partial charge on any atom is -0.497 e. The molecule has 5 nitrogen and oxygen atoms in total. The molecule has 0 bridgehead atoms. The molecule has 2 heterocycles. The maximum Gasteiger partial charge on any atom is 0.167 e. The zero-order valence-electron chi connectivity index (χ0n) is 15.7. The second-order valence-corrected chi connectivity index (χ2v) is 6.95. The van der Waals surface area contributed by atoms with E-state index in [0.29, 0.717) is 0 Å².